The Labute approximate surface area is 138 Å². The first-order valence-electron chi connectivity index (χ1n) is 7.36. The molecule has 0 radical (unpaired) electrons. The van der Waals surface area contributed by atoms with E-state index in [2.05, 4.69) is 41.5 Å². The number of carbonyl (C=O) groups excluding carboxylic acids is 1. The smallest absolute Gasteiger partial charge is 0.322 e. The summed E-state index contributed by atoms with van der Waals surface area (Å²) in [4.78, 5) is 12.1. The van der Waals surface area contributed by atoms with Gasteiger partial charge >= 0.3 is 6.01 Å². The summed E-state index contributed by atoms with van der Waals surface area (Å²) in [7, 11) is 0. The Kier molecular flexibility index (Phi) is 4.52. The molecule has 23 heavy (non-hydrogen) atoms. The van der Waals surface area contributed by atoms with E-state index in [4.69, 9.17) is 4.42 Å². The lowest BCUT2D eigenvalue weighted by molar-refractivity contribution is -0.115. The zero-order valence-electron chi connectivity index (χ0n) is 12.9. The molecular formula is C17H17N3O2S. The normalized spacial score (nSPS) is 10.9. The number of thiophene rings is 1. The molecule has 0 aliphatic carbocycles. The fourth-order valence-corrected chi connectivity index (χ4v) is 2.78. The highest BCUT2D eigenvalue weighted by Crippen LogP contribution is 2.22. The molecule has 0 atom stereocenters. The van der Waals surface area contributed by atoms with Crippen molar-refractivity contribution in [2.24, 2.45) is 0 Å². The van der Waals surface area contributed by atoms with E-state index < -0.39 is 0 Å². The minimum Gasteiger partial charge on any atom is -0.403 e. The van der Waals surface area contributed by atoms with Crippen LogP contribution in [0.15, 0.2) is 45.5 Å². The summed E-state index contributed by atoms with van der Waals surface area (Å²) in [6.45, 7) is 4.28. The van der Waals surface area contributed by atoms with E-state index in [0.717, 1.165) is 11.1 Å². The minimum atomic E-state index is -0.178. The number of aromatic nitrogens is 2. The van der Waals surface area contributed by atoms with Crippen molar-refractivity contribution in [1.29, 1.82) is 0 Å². The lowest BCUT2D eigenvalue weighted by Gasteiger charge is -2.06. The Morgan fingerprint density at radius 2 is 2.00 bits per heavy atom. The van der Waals surface area contributed by atoms with Crippen LogP contribution in [0.5, 0.6) is 0 Å². The number of carbonyl (C=O) groups is 1. The van der Waals surface area contributed by atoms with Crippen LogP contribution in [0.2, 0.25) is 0 Å². The fraction of sp³-hybridized carbons (Fsp3) is 0.235. The number of rotatable bonds is 5. The molecule has 3 rings (SSSR count). The van der Waals surface area contributed by atoms with Crippen LogP contribution in [0.4, 0.5) is 6.01 Å². The van der Waals surface area contributed by atoms with Gasteiger partial charge in [-0.1, -0.05) is 43.2 Å². The third-order valence-corrected chi connectivity index (χ3v) is 4.13. The quantitative estimate of drug-likeness (QED) is 0.766. The van der Waals surface area contributed by atoms with E-state index in [0.29, 0.717) is 11.8 Å². The van der Waals surface area contributed by atoms with Crippen molar-refractivity contribution >= 4 is 23.3 Å². The van der Waals surface area contributed by atoms with Crippen LogP contribution in [0.3, 0.4) is 0 Å². The average molecular weight is 327 g/mol. The highest BCUT2D eigenvalue weighted by molar-refractivity contribution is 7.08. The molecule has 0 aliphatic rings. The molecule has 0 fully saturated rings. The van der Waals surface area contributed by atoms with E-state index in [-0.39, 0.29) is 18.3 Å². The maximum Gasteiger partial charge on any atom is 0.322 e. The predicted molar refractivity (Wildman–Crippen MR) is 90.5 cm³/mol. The maximum absolute atomic E-state index is 12.1. The van der Waals surface area contributed by atoms with Gasteiger partial charge in [-0.05, 0) is 28.5 Å². The van der Waals surface area contributed by atoms with Crippen molar-refractivity contribution in [2.75, 3.05) is 5.32 Å². The summed E-state index contributed by atoms with van der Waals surface area (Å²) in [6, 6.07) is 10.1. The topological polar surface area (TPSA) is 68.0 Å². The van der Waals surface area contributed by atoms with Gasteiger partial charge in [-0.15, -0.1) is 5.10 Å². The van der Waals surface area contributed by atoms with Crippen molar-refractivity contribution in [3.05, 3.63) is 52.2 Å². The molecular weight excluding hydrogens is 310 g/mol. The summed E-state index contributed by atoms with van der Waals surface area (Å²) in [5.74, 6) is 0.706. The molecule has 1 amide bonds. The van der Waals surface area contributed by atoms with Crippen LogP contribution in [0.1, 0.15) is 30.9 Å². The molecule has 2 heterocycles. The van der Waals surface area contributed by atoms with Gasteiger partial charge < -0.3 is 4.42 Å². The third-order valence-electron chi connectivity index (χ3n) is 3.45. The second-order valence-corrected chi connectivity index (χ2v) is 6.33. The average Bonchev–Trinajstić information content (AvgIpc) is 3.18. The number of amides is 1. The zero-order valence-corrected chi connectivity index (χ0v) is 13.8. The summed E-state index contributed by atoms with van der Waals surface area (Å²) in [6.07, 6.45) is 0.272. The van der Waals surface area contributed by atoms with Crippen molar-refractivity contribution in [1.82, 2.24) is 10.2 Å². The van der Waals surface area contributed by atoms with Gasteiger partial charge in [0, 0.05) is 10.9 Å². The van der Waals surface area contributed by atoms with Crippen LogP contribution < -0.4 is 5.32 Å². The number of anilines is 1. The lowest BCUT2D eigenvalue weighted by Crippen LogP contribution is -2.14. The number of nitrogens with zero attached hydrogens (tertiary/aromatic N) is 2. The van der Waals surface area contributed by atoms with Gasteiger partial charge in [0.15, 0.2) is 0 Å². The Balaban J connectivity index is 1.61. The van der Waals surface area contributed by atoms with Crippen LogP contribution in [0, 0.1) is 0 Å². The van der Waals surface area contributed by atoms with Gasteiger partial charge in [0.05, 0.1) is 6.42 Å². The second kappa shape index (κ2) is 6.75. The van der Waals surface area contributed by atoms with Crippen LogP contribution in [0.25, 0.3) is 11.5 Å². The molecule has 0 saturated carbocycles. The van der Waals surface area contributed by atoms with E-state index >= 15 is 0 Å². The third kappa shape index (κ3) is 3.84. The first kappa shape index (κ1) is 15.4. The largest absolute Gasteiger partial charge is 0.403 e. The highest BCUT2D eigenvalue weighted by Gasteiger charge is 2.12. The Hall–Kier alpha value is -2.47. The van der Waals surface area contributed by atoms with Crippen molar-refractivity contribution in [2.45, 2.75) is 26.2 Å². The molecule has 6 heteroatoms. The molecule has 0 spiro atoms. The number of benzene rings is 1. The van der Waals surface area contributed by atoms with Gasteiger partial charge in [0.2, 0.25) is 5.91 Å². The van der Waals surface area contributed by atoms with Crippen molar-refractivity contribution in [3.63, 3.8) is 0 Å². The maximum atomic E-state index is 12.1. The molecule has 1 aromatic carbocycles. The van der Waals surface area contributed by atoms with E-state index in [1.807, 2.05) is 29.0 Å². The van der Waals surface area contributed by atoms with E-state index in [1.165, 1.54) is 5.56 Å². The van der Waals surface area contributed by atoms with Gasteiger partial charge in [-0.2, -0.15) is 11.3 Å². The van der Waals surface area contributed by atoms with Gasteiger partial charge in [0.1, 0.15) is 0 Å². The summed E-state index contributed by atoms with van der Waals surface area (Å²) < 4.78 is 5.44. The fourth-order valence-electron chi connectivity index (χ4n) is 2.15. The summed E-state index contributed by atoms with van der Waals surface area (Å²) in [5.41, 5.74) is 3.06. The van der Waals surface area contributed by atoms with Crippen LogP contribution >= 0.6 is 11.3 Å². The van der Waals surface area contributed by atoms with Gasteiger partial charge in [-0.3, -0.25) is 10.1 Å². The van der Waals surface area contributed by atoms with E-state index in [9.17, 15) is 4.79 Å². The first-order chi connectivity index (χ1) is 11.1. The Morgan fingerprint density at radius 1 is 1.22 bits per heavy atom. The summed E-state index contributed by atoms with van der Waals surface area (Å²) >= 11 is 1.55. The number of nitrogens with one attached hydrogen (secondary N) is 1. The van der Waals surface area contributed by atoms with Crippen LogP contribution in [-0.2, 0) is 11.2 Å². The Morgan fingerprint density at radius 3 is 2.65 bits per heavy atom. The molecule has 5 nitrogen and oxygen atoms in total. The molecule has 0 bridgehead atoms. The van der Waals surface area contributed by atoms with Crippen LogP contribution in [-0.4, -0.2) is 16.1 Å². The second-order valence-electron chi connectivity index (χ2n) is 5.55. The number of hydrogen-bond acceptors (Lipinski definition) is 5. The molecule has 0 unspecified atom stereocenters. The summed E-state index contributed by atoms with van der Waals surface area (Å²) in [5, 5.41) is 14.2. The Bertz CT molecular complexity index is 777. The minimum absolute atomic E-state index is 0.120. The SMILES string of the molecule is CC(C)c1ccc(CC(=O)Nc2nnc(-c3ccsc3)o2)cc1. The number of hydrogen-bond donors (Lipinski definition) is 1. The van der Waals surface area contributed by atoms with Crippen molar-refractivity contribution < 1.29 is 9.21 Å². The van der Waals surface area contributed by atoms with Gasteiger partial charge in [0.25, 0.3) is 5.89 Å². The molecule has 0 aliphatic heterocycles. The molecule has 3 aromatic rings. The zero-order chi connectivity index (χ0) is 16.2. The molecule has 118 valence electrons. The lowest BCUT2D eigenvalue weighted by atomic mass is 10.0. The van der Waals surface area contributed by atoms with E-state index in [1.54, 1.807) is 11.3 Å². The van der Waals surface area contributed by atoms with Gasteiger partial charge in [-0.25, -0.2) is 0 Å². The molecule has 1 N–H and O–H groups in total. The monoisotopic (exact) mass is 327 g/mol. The predicted octanol–water partition coefficient (Wildman–Crippen LogP) is 4.10. The molecule has 0 saturated heterocycles. The highest BCUT2D eigenvalue weighted by atomic mass is 32.1. The van der Waals surface area contributed by atoms with Crippen molar-refractivity contribution in [3.8, 4) is 11.5 Å². The first-order valence-corrected chi connectivity index (χ1v) is 8.31. The molecule has 2 aromatic heterocycles. The standard InChI is InChI=1S/C17H17N3O2S/c1-11(2)13-5-3-12(4-6-13)9-15(21)18-17-20-19-16(22-17)14-7-8-23-10-14/h3-8,10-11H,9H2,1-2H3,(H,18,20,21).